The van der Waals surface area contributed by atoms with Gasteiger partial charge in [-0.1, -0.05) is 12.1 Å². The van der Waals surface area contributed by atoms with Crippen LogP contribution in [-0.2, 0) is 0 Å². The zero-order chi connectivity index (χ0) is 24.4. The Labute approximate surface area is 193 Å². The molecule has 0 heterocycles. The summed E-state index contributed by atoms with van der Waals surface area (Å²) in [5.74, 6) is -1.34. The molecule has 3 aromatic carbocycles. The number of ketones is 1. The highest BCUT2D eigenvalue weighted by molar-refractivity contribution is 6.06. The summed E-state index contributed by atoms with van der Waals surface area (Å²) in [6.07, 6.45) is 0. The van der Waals surface area contributed by atoms with Gasteiger partial charge < -0.3 is 15.7 Å². The van der Waals surface area contributed by atoms with E-state index in [0.29, 0.717) is 22.5 Å². The molecule has 0 unspecified atom stereocenters. The van der Waals surface area contributed by atoms with Crippen LogP contribution in [0.4, 0.5) is 11.4 Å². The average Bonchev–Trinajstić information content (AvgIpc) is 2.75. The molecule has 1 amide bonds. The molecule has 6 heteroatoms. The minimum atomic E-state index is -1.07. The first-order valence-electron chi connectivity index (χ1n) is 10.6. The van der Waals surface area contributed by atoms with Gasteiger partial charge in [-0.25, -0.2) is 4.79 Å². The van der Waals surface area contributed by atoms with E-state index in [-0.39, 0.29) is 17.3 Å². The lowest BCUT2D eigenvalue weighted by Gasteiger charge is -2.16. The molecule has 6 nitrogen and oxygen atoms in total. The lowest BCUT2D eigenvalue weighted by atomic mass is 9.89. The Morgan fingerprint density at radius 2 is 1.21 bits per heavy atom. The first kappa shape index (κ1) is 23.7. The number of aryl methyl sites for hydroxylation is 4. The van der Waals surface area contributed by atoms with E-state index < -0.39 is 5.97 Å². The molecule has 0 aliphatic heterocycles. The van der Waals surface area contributed by atoms with Crippen molar-refractivity contribution in [2.75, 3.05) is 17.7 Å². The Hall–Kier alpha value is -3.93. The van der Waals surface area contributed by atoms with Crippen molar-refractivity contribution in [2.45, 2.75) is 34.6 Å². The molecule has 0 atom stereocenters. The van der Waals surface area contributed by atoms with Crippen molar-refractivity contribution in [3.63, 3.8) is 0 Å². The Kier molecular flexibility index (Phi) is 6.68. The third-order valence-corrected chi connectivity index (χ3v) is 5.78. The van der Waals surface area contributed by atoms with Crippen LogP contribution in [-0.4, -0.2) is 29.8 Å². The van der Waals surface area contributed by atoms with E-state index in [4.69, 9.17) is 0 Å². The molecule has 170 valence electrons. The SMILES string of the molecule is CNc1cc(NC(=O)c2cc(C)c(-c3cc(C)c(C(C)=O)cc3C)cc2C)cc(C(=O)O)c1. The summed E-state index contributed by atoms with van der Waals surface area (Å²) in [5, 5.41) is 15.1. The maximum Gasteiger partial charge on any atom is 0.335 e. The predicted octanol–water partition coefficient (Wildman–Crippen LogP) is 5.78. The van der Waals surface area contributed by atoms with Crippen LogP contribution < -0.4 is 10.6 Å². The highest BCUT2D eigenvalue weighted by Crippen LogP contribution is 2.32. The molecular formula is C27H28N2O4. The van der Waals surface area contributed by atoms with Crippen LogP contribution in [0.3, 0.4) is 0 Å². The Morgan fingerprint density at radius 3 is 1.73 bits per heavy atom. The van der Waals surface area contributed by atoms with E-state index >= 15 is 0 Å². The molecule has 0 fully saturated rings. The largest absolute Gasteiger partial charge is 0.478 e. The van der Waals surface area contributed by atoms with Gasteiger partial charge in [0.05, 0.1) is 5.56 Å². The fourth-order valence-corrected chi connectivity index (χ4v) is 4.00. The Balaban J connectivity index is 1.98. The van der Waals surface area contributed by atoms with Gasteiger partial charge in [-0.15, -0.1) is 0 Å². The Morgan fingerprint density at radius 1 is 0.697 bits per heavy atom. The fourth-order valence-electron chi connectivity index (χ4n) is 4.00. The van der Waals surface area contributed by atoms with Gasteiger partial charge in [0.2, 0.25) is 0 Å². The zero-order valence-corrected chi connectivity index (χ0v) is 19.7. The summed E-state index contributed by atoms with van der Waals surface area (Å²) >= 11 is 0. The maximum atomic E-state index is 13.0. The quantitative estimate of drug-likeness (QED) is 0.419. The van der Waals surface area contributed by atoms with E-state index in [1.807, 2.05) is 52.0 Å². The normalized spacial score (nSPS) is 10.6. The number of benzene rings is 3. The number of aromatic carboxylic acids is 1. The van der Waals surface area contributed by atoms with E-state index in [9.17, 15) is 19.5 Å². The highest BCUT2D eigenvalue weighted by Gasteiger charge is 2.17. The second kappa shape index (κ2) is 9.28. The number of carboxylic acids is 1. The summed E-state index contributed by atoms with van der Waals surface area (Å²) in [5.41, 5.74) is 7.97. The molecule has 3 rings (SSSR count). The molecule has 3 aromatic rings. The molecular weight excluding hydrogens is 416 g/mol. The Bertz CT molecular complexity index is 1290. The minimum absolute atomic E-state index is 0.0375. The summed E-state index contributed by atoms with van der Waals surface area (Å²) in [4.78, 5) is 36.3. The van der Waals surface area contributed by atoms with E-state index in [0.717, 1.165) is 33.4 Å². The monoisotopic (exact) mass is 444 g/mol. The minimum Gasteiger partial charge on any atom is -0.478 e. The first-order chi connectivity index (χ1) is 15.5. The van der Waals surface area contributed by atoms with Crippen molar-refractivity contribution in [3.8, 4) is 11.1 Å². The lowest BCUT2D eigenvalue weighted by Crippen LogP contribution is -2.15. The number of carbonyl (C=O) groups excluding carboxylic acids is 2. The second-order valence-electron chi connectivity index (χ2n) is 8.33. The number of carboxylic acid groups (broad SMARTS) is 1. The van der Waals surface area contributed by atoms with Gasteiger partial charge in [-0.3, -0.25) is 9.59 Å². The van der Waals surface area contributed by atoms with Crippen molar-refractivity contribution < 1.29 is 19.5 Å². The number of hydrogen-bond donors (Lipinski definition) is 3. The fraction of sp³-hybridized carbons (Fsp3) is 0.222. The van der Waals surface area contributed by atoms with Crippen LogP contribution in [0, 0.1) is 27.7 Å². The van der Waals surface area contributed by atoms with Crippen LogP contribution in [0.25, 0.3) is 11.1 Å². The summed E-state index contributed by atoms with van der Waals surface area (Å²) < 4.78 is 0. The topological polar surface area (TPSA) is 95.5 Å². The summed E-state index contributed by atoms with van der Waals surface area (Å²) in [6, 6.07) is 12.4. The van der Waals surface area contributed by atoms with Crippen molar-refractivity contribution in [1.29, 1.82) is 0 Å². The van der Waals surface area contributed by atoms with Crippen molar-refractivity contribution in [3.05, 3.63) is 81.4 Å². The molecule has 0 aromatic heterocycles. The lowest BCUT2D eigenvalue weighted by molar-refractivity contribution is 0.0696. The summed E-state index contributed by atoms with van der Waals surface area (Å²) in [7, 11) is 1.69. The van der Waals surface area contributed by atoms with Crippen LogP contribution in [0.5, 0.6) is 0 Å². The van der Waals surface area contributed by atoms with Crippen molar-refractivity contribution >= 4 is 29.0 Å². The number of anilines is 2. The van der Waals surface area contributed by atoms with E-state index in [1.54, 1.807) is 20.0 Å². The molecule has 33 heavy (non-hydrogen) atoms. The maximum absolute atomic E-state index is 13.0. The average molecular weight is 445 g/mol. The molecule has 0 aliphatic rings. The van der Waals surface area contributed by atoms with E-state index in [2.05, 4.69) is 10.6 Å². The van der Waals surface area contributed by atoms with Crippen LogP contribution >= 0.6 is 0 Å². The van der Waals surface area contributed by atoms with Gasteiger partial charge in [-0.05, 0) is 98.3 Å². The smallest absolute Gasteiger partial charge is 0.335 e. The van der Waals surface area contributed by atoms with Gasteiger partial charge in [0.25, 0.3) is 5.91 Å². The molecule has 0 saturated carbocycles. The number of carbonyl (C=O) groups is 3. The molecule has 0 saturated heterocycles. The van der Waals surface area contributed by atoms with Crippen molar-refractivity contribution in [2.24, 2.45) is 0 Å². The molecule has 0 bridgehead atoms. The van der Waals surface area contributed by atoms with Gasteiger partial charge in [0.1, 0.15) is 0 Å². The molecule has 0 aliphatic carbocycles. The second-order valence-corrected chi connectivity index (χ2v) is 8.33. The van der Waals surface area contributed by atoms with Crippen molar-refractivity contribution in [1.82, 2.24) is 0 Å². The number of rotatable bonds is 6. The number of Topliss-reactive ketones (excluding diaryl/α,β-unsaturated/α-hetero) is 1. The number of amides is 1. The zero-order valence-electron chi connectivity index (χ0n) is 19.7. The van der Waals surface area contributed by atoms with E-state index in [1.165, 1.54) is 12.1 Å². The molecule has 0 spiro atoms. The third-order valence-electron chi connectivity index (χ3n) is 5.78. The van der Waals surface area contributed by atoms with Gasteiger partial charge >= 0.3 is 5.97 Å². The third kappa shape index (κ3) is 4.95. The van der Waals surface area contributed by atoms with Crippen LogP contribution in [0.2, 0.25) is 0 Å². The molecule has 3 N–H and O–H groups in total. The highest BCUT2D eigenvalue weighted by atomic mass is 16.4. The number of hydrogen-bond acceptors (Lipinski definition) is 4. The standard InChI is InChI=1S/C27H28N2O4/c1-14-8-23(15(2)7-22(14)18(5)30)24-9-17(4)25(10-16(24)3)26(31)29-21-12-19(27(32)33)11-20(13-21)28-6/h7-13,28H,1-6H3,(H,29,31)(H,32,33). The predicted molar refractivity (Wildman–Crippen MR) is 132 cm³/mol. The van der Waals surface area contributed by atoms with Gasteiger partial charge in [0, 0.05) is 29.5 Å². The summed E-state index contributed by atoms with van der Waals surface area (Å²) in [6.45, 7) is 9.29. The molecule has 0 radical (unpaired) electrons. The first-order valence-corrected chi connectivity index (χ1v) is 10.6. The van der Waals surface area contributed by atoms with Gasteiger partial charge in [-0.2, -0.15) is 0 Å². The van der Waals surface area contributed by atoms with Gasteiger partial charge in [0.15, 0.2) is 5.78 Å². The van der Waals surface area contributed by atoms with Crippen LogP contribution in [0.15, 0.2) is 42.5 Å². The van der Waals surface area contributed by atoms with Crippen LogP contribution in [0.1, 0.15) is 60.3 Å². The number of nitrogens with one attached hydrogen (secondary N) is 2.